The van der Waals surface area contributed by atoms with Gasteiger partial charge in [-0.1, -0.05) is 36.4 Å². The lowest BCUT2D eigenvalue weighted by Gasteiger charge is -2.22. The van der Waals surface area contributed by atoms with Crippen LogP contribution in [0.4, 0.5) is 5.69 Å². The Bertz CT molecular complexity index is 630. The van der Waals surface area contributed by atoms with E-state index >= 15 is 0 Å². The van der Waals surface area contributed by atoms with Gasteiger partial charge in [0.1, 0.15) is 6.04 Å². The van der Waals surface area contributed by atoms with E-state index in [1.807, 2.05) is 18.5 Å². The van der Waals surface area contributed by atoms with Gasteiger partial charge < -0.3 is 4.74 Å². The summed E-state index contributed by atoms with van der Waals surface area (Å²) in [5, 5.41) is 0. The Hall–Kier alpha value is -2.22. The summed E-state index contributed by atoms with van der Waals surface area (Å²) < 4.78 is 7.82. The fraction of sp³-hybridized carbons (Fsp3) is 0.0667. The van der Waals surface area contributed by atoms with Crippen molar-refractivity contribution in [1.82, 2.24) is 0 Å². The lowest BCUT2D eigenvalue weighted by atomic mass is 10.0. The third-order valence-corrected chi connectivity index (χ3v) is 3.38. The Kier molecular flexibility index (Phi) is 1.64. The summed E-state index contributed by atoms with van der Waals surface area (Å²) in [6.45, 7) is 0. The molecule has 17 heavy (non-hydrogen) atoms. The van der Waals surface area contributed by atoms with Gasteiger partial charge in [-0.05, 0) is 17.2 Å². The molecule has 0 bridgehead atoms. The van der Waals surface area contributed by atoms with E-state index in [1.165, 1.54) is 22.9 Å². The quantitative estimate of drug-likeness (QED) is 0.492. The Morgan fingerprint density at radius 2 is 1.82 bits per heavy atom. The molecule has 2 heteroatoms. The van der Waals surface area contributed by atoms with Crippen molar-refractivity contribution >= 4 is 12.1 Å². The third kappa shape index (κ3) is 1.15. The number of hydrogen-bond donors (Lipinski definition) is 0. The zero-order valence-corrected chi connectivity index (χ0v) is 9.26. The fourth-order valence-electron chi connectivity index (χ4n) is 2.57. The van der Waals surface area contributed by atoms with Crippen molar-refractivity contribution in [2.45, 2.75) is 6.42 Å². The standard InChI is InChI=1S/C15H11NO/c1-3-7-13-11(5-1)9-14-12-6-2-4-8-15(12)17-10-16(13)14/h1-8,10H,9H2. The van der Waals surface area contributed by atoms with E-state index in [2.05, 4.69) is 41.0 Å². The molecule has 2 aromatic carbocycles. The number of rotatable bonds is 0. The molecule has 82 valence electrons. The van der Waals surface area contributed by atoms with Crippen molar-refractivity contribution in [3.8, 4) is 5.75 Å². The molecule has 0 saturated carbocycles. The molecule has 0 N–H and O–H groups in total. The van der Waals surface area contributed by atoms with Crippen LogP contribution in [0.5, 0.6) is 5.75 Å². The molecule has 0 radical (unpaired) electrons. The van der Waals surface area contributed by atoms with Crippen LogP contribution in [-0.2, 0) is 6.42 Å². The van der Waals surface area contributed by atoms with Crippen molar-refractivity contribution in [2.24, 2.45) is 0 Å². The molecule has 0 unspecified atom stereocenters. The second-order valence-corrected chi connectivity index (χ2v) is 4.34. The summed E-state index contributed by atoms with van der Waals surface area (Å²) in [7, 11) is 0. The Morgan fingerprint density at radius 1 is 1.00 bits per heavy atom. The van der Waals surface area contributed by atoms with Crippen LogP contribution in [-0.4, -0.2) is 11.0 Å². The lowest BCUT2D eigenvalue weighted by Crippen LogP contribution is -2.20. The predicted octanol–water partition coefficient (Wildman–Crippen LogP) is 2.89. The van der Waals surface area contributed by atoms with Gasteiger partial charge in [0.05, 0.1) is 5.75 Å². The van der Waals surface area contributed by atoms with Crippen LogP contribution in [0.15, 0.2) is 48.5 Å². The second kappa shape index (κ2) is 3.14. The van der Waals surface area contributed by atoms with Crippen molar-refractivity contribution in [2.75, 3.05) is 0 Å². The summed E-state index contributed by atoms with van der Waals surface area (Å²) in [5.41, 5.74) is 3.79. The van der Waals surface area contributed by atoms with Crippen LogP contribution >= 0.6 is 0 Å². The summed E-state index contributed by atoms with van der Waals surface area (Å²) >= 11 is 0. The molecule has 0 fully saturated rings. The summed E-state index contributed by atoms with van der Waals surface area (Å²) in [6, 6.07) is 18.0. The molecule has 0 spiro atoms. The van der Waals surface area contributed by atoms with Crippen molar-refractivity contribution in [3.63, 3.8) is 0 Å². The third-order valence-electron chi connectivity index (χ3n) is 3.38. The smallest absolute Gasteiger partial charge is 0.269 e. The fourth-order valence-corrected chi connectivity index (χ4v) is 2.57. The minimum absolute atomic E-state index is 0.951. The summed E-state index contributed by atoms with van der Waals surface area (Å²) in [4.78, 5) is 0. The number of fused-ring (bicyclic) bond motifs is 5. The van der Waals surface area contributed by atoms with Crippen LogP contribution in [0.25, 0.3) is 0 Å². The number of hydrogen-bond acceptors (Lipinski definition) is 1. The van der Waals surface area contributed by atoms with Gasteiger partial charge in [0, 0.05) is 6.42 Å². The van der Waals surface area contributed by atoms with Crippen LogP contribution < -0.4 is 4.74 Å². The predicted molar refractivity (Wildman–Crippen MR) is 65.5 cm³/mol. The highest BCUT2D eigenvalue weighted by Crippen LogP contribution is 2.42. The monoisotopic (exact) mass is 221 g/mol. The molecule has 0 aromatic heterocycles. The van der Waals surface area contributed by atoms with Gasteiger partial charge in [-0.2, -0.15) is 0 Å². The molecule has 0 saturated heterocycles. The van der Waals surface area contributed by atoms with Crippen molar-refractivity contribution in [1.29, 1.82) is 0 Å². The summed E-state index contributed by atoms with van der Waals surface area (Å²) in [6.07, 6.45) is 2.79. The molecule has 0 amide bonds. The number of benzene rings is 2. The molecule has 2 aliphatic heterocycles. The maximum absolute atomic E-state index is 5.67. The Balaban J connectivity index is 1.91. The van der Waals surface area contributed by atoms with Crippen LogP contribution in [0.3, 0.4) is 0 Å². The Morgan fingerprint density at radius 3 is 2.82 bits per heavy atom. The van der Waals surface area contributed by atoms with E-state index in [9.17, 15) is 0 Å². The van der Waals surface area contributed by atoms with Gasteiger partial charge in [0.15, 0.2) is 5.69 Å². The Labute approximate surface area is 99.8 Å². The average Bonchev–Trinajstić information content (AvgIpc) is 2.78. The minimum atomic E-state index is 0.951. The molecular formula is C15H11NO. The van der Waals surface area contributed by atoms with Crippen LogP contribution in [0, 0.1) is 6.04 Å². The first-order valence-electron chi connectivity index (χ1n) is 5.76. The van der Waals surface area contributed by atoms with Crippen LogP contribution in [0.1, 0.15) is 11.1 Å². The van der Waals surface area contributed by atoms with E-state index in [0.717, 1.165) is 12.2 Å². The topological polar surface area (TPSA) is 12.2 Å². The molecule has 0 atom stereocenters. The van der Waals surface area contributed by atoms with Gasteiger partial charge in [0.25, 0.3) is 6.40 Å². The van der Waals surface area contributed by atoms with E-state index in [-0.39, 0.29) is 0 Å². The molecule has 0 aliphatic carbocycles. The largest absolute Gasteiger partial charge is 0.483 e. The number of nitrogens with zero attached hydrogens (tertiary/aromatic N) is 1. The SMILES string of the molecule is C1=[N+]2c3ccccc3C[C-]2c2ccccc2O1. The van der Waals surface area contributed by atoms with E-state index in [1.54, 1.807) is 0 Å². The van der Waals surface area contributed by atoms with Gasteiger partial charge >= 0.3 is 0 Å². The second-order valence-electron chi connectivity index (χ2n) is 4.34. The highest BCUT2D eigenvalue weighted by molar-refractivity contribution is 5.63. The van der Waals surface area contributed by atoms with Crippen LogP contribution in [0.2, 0.25) is 0 Å². The van der Waals surface area contributed by atoms with Gasteiger partial charge in [-0.15, -0.1) is 6.07 Å². The zero-order valence-electron chi connectivity index (χ0n) is 9.26. The maximum Gasteiger partial charge on any atom is 0.269 e. The summed E-state index contributed by atoms with van der Waals surface area (Å²) in [5.74, 6) is 0.951. The lowest BCUT2D eigenvalue weighted by molar-refractivity contribution is -0.415. The first-order valence-corrected chi connectivity index (χ1v) is 5.76. The van der Waals surface area contributed by atoms with Gasteiger partial charge in [0.2, 0.25) is 0 Å². The van der Waals surface area contributed by atoms with E-state index < -0.39 is 0 Å². The molecule has 2 aromatic rings. The average molecular weight is 221 g/mol. The first-order chi connectivity index (χ1) is 8.43. The zero-order chi connectivity index (χ0) is 11.2. The number of para-hydroxylation sites is 2. The minimum Gasteiger partial charge on any atom is -0.483 e. The first kappa shape index (κ1) is 8.88. The van der Waals surface area contributed by atoms with Crippen molar-refractivity contribution in [3.05, 3.63) is 65.7 Å². The molecule has 2 aliphatic rings. The van der Waals surface area contributed by atoms with Crippen molar-refractivity contribution < 1.29 is 9.31 Å². The highest BCUT2D eigenvalue weighted by Gasteiger charge is 2.34. The van der Waals surface area contributed by atoms with Gasteiger partial charge in [-0.25, -0.2) is 4.58 Å². The molecule has 2 nitrogen and oxygen atoms in total. The van der Waals surface area contributed by atoms with Gasteiger partial charge in [-0.3, -0.25) is 0 Å². The number of ether oxygens (including phenoxy) is 1. The maximum atomic E-state index is 5.67. The van der Waals surface area contributed by atoms with E-state index in [4.69, 9.17) is 4.74 Å². The molecule has 4 rings (SSSR count). The molecular weight excluding hydrogens is 210 g/mol. The molecule has 2 heterocycles. The highest BCUT2D eigenvalue weighted by atomic mass is 16.5. The normalized spacial score (nSPS) is 15.5. The van der Waals surface area contributed by atoms with E-state index in [0.29, 0.717) is 0 Å².